The molecule has 1 amide bonds. The van der Waals surface area contributed by atoms with E-state index in [9.17, 15) is 18.4 Å². The Labute approximate surface area is 161 Å². The van der Waals surface area contributed by atoms with Gasteiger partial charge < -0.3 is 0 Å². The second-order valence-electron chi connectivity index (χ2n) is 7.56. The molecule has 2 rings (SSSR count). The van der Waals surface area contributed by atoms with Crippen LogP contribution in [0.2, 0.25) is 0 Å². The lowest BCUT2D eigenvalue weighted by molar-refractivity contribution is -0.121. The summed E-state index contributed by atoms with van der Waals surface area (Å²) in [5.74, 6) is -0.526. The van der Waals surface area contributed by atoms with Crippen LogP contribution in [0.4, 0.5) is 11.4 Å². The second-order valence-corrected chi connectivity index (χ2v) is 9.47. The fourth-order valence-electron chi connectivity index (χ4n) is 2.62. The van der Waals surface area contributed by atoms with E-state index in [-0.39, 0.29) is 17.6 Å². The number of carbonyl (C=O) groups is 1. The average molecular weight is 391 g/mol. The van der Waals surface area contributed by atoms with Crippen molar-refractivity contribution in [2.45, 2.75) is 39.7 Å². The standard InChI is InChI=1S/C20H26N2O4S/c1-15(23)22(24)19-12-10-18(11-13-19)21(27(5,25)26)14-16-6-8-17(9-7-16)20(2,3)4/h6-13,24H,14H2,1-5H3. The van der Waals surface area contributed by atoms with Crippen LogP contribution in [-0.4, -0.2) is 25.8 Å². The smallest absolute Gasteiger partial charge is 0.247 e. The number of anilines is 2. The highest BCUT2D eigenvalue weighted by Gasteiger charge is 2.19. The van der Waals surface area contributed by atoms with Gasteiger partial charge in [0.2, 0.25) is 15.9 Å². The normalized spacial score (nSPS) is 11.9. The first-order valence-electron chi connectivity index (χ1n) is 8.56. The number of rotatable bonds is 5. The minimum absolute atomic E-state index is 0.0256. The Bertz CT molecular complexity index is 898. The van der Waals surface area contributed by atoms with Gasteiger partial charge in [-0.3, -0.25) is 14.3 Å². The predicted octanol–water partition coefficient (Wildman–Crippen LogP) is 3.69. The summed E-state index contributed by atoms with van der Waals surface area (Å²) in [5.41, 5.74) is 2.80. The Morgan fingerprint density at radius 3 is 1.85 bits per heavy atom. The molecule has 6 nitrogen and oxygen atoms in total. The molecule has 0 saturated heterocycles. The van der Waals surface area contributed by atoms with E-state index in [1.165, 1.54) is 28.9 Å². The Kier molecular flexibility index (Phi) is 5.97. The van der Waals surface area contributed by atoms with E-state index in [0.29, 0.717) is 10.8 Å². The molecule has 0 heterocycles. The molecule has 0 aromatic heterocycles. The SMILES string of the molecule is CC(=O)N(O)c1ccc(N(Cc2ccc(C(C)(C)C)cc2)S(C)(=O)=O)cc1. The number of hydrogen-bond donors (Lipinski definition) is 1. The second kappa shape index (κ2) is 7.70. The molecule has 27 heavy (non-hydrogen) atoms. The van der Waals surface area contributed by atoms with Crippen LogP contribution in [0.15, 0.2) is 48.5 Å². The van der Waals surface area contributed by atoms with Gasteiger partial charge in [0.15, 0.2) is 0 Å². The monoisotopic (exact) mass is 390 g/mol. The van der Waals surface area contributed by atoms with Gasteiger partial charge in [0.25, 0.3) is 0 Å². The lowest BCUT2D eigenvalue weighted by Gasteiger charge is -2.24. The topological polar surface area (TPSA) is 77.9 Å². The maximum atomic E-state index is 12.3. The number of hydroxylamine groups is 1. The summed E-state index contributed by atoms with van der Waals surface area (Å²) >= 11 is 0. The number of hydrogen-bond acceptors (Lipinski definition) is 4. The predicted molar refractivity (Wildman–Crippen MR) is 108 cm³/mol. The van der Waals surface area contributed by atoms with Crippen LogP contribution < -0.4 is 9.37 Å². The van der Waals surface area contributed by atoms with Gasteiger partial charge in [0.05, 0.1) is 24.2 Å². The van der Waals surface area contributed by atoms with E-state index in [1.54, 1.807) is 12.1 Å². The number of amides is 1. The molecule has 7 heteroatoms. The van der Waals surface area contributed by atoms with Crippen LogP contribution in [0, 0.1) is 0 Å². The van der Waals surface area contributed by atoms with Crippen LogP contribution in [0.5, 0.6) is 0 Å². The van der Waals surface area contributed by atoms with Gasteiger partial charge in [-0.2, -0.15) is 5.06 Å². The van der Waals surface area contributed by atoms with Crippen molar-refractivity contribution in [3.63, 3.8) is 0 Å². The molecule has 0 aliphatic rings. The van der Waals surface area contributed by atoms with E-state index < -0.39 is 15.9 Å². The van der Waals surface area contributed by atoms with Gasteiger partial charge in [-0.15, -0.1) is 0 Å². The van der Waals surface area contributed by atoms with Crippen molar-refractivity contribution in [2.75, 3.05) is 15.6 Å². The summed E-state index contributed by atoms with van der Waals surface area (Å²) in [6, 6.07) is 14.0. The van der Waals surface area contributed by atoms with Gasteiger partial charge in [-0.05, 0) is 40.8 Å². The van der Waals surface area contributed by atoms with Gasteiger partial charge in [0, 0.05) is 6.92 Å². The number of benzene rings is 2. The summed E-state index contributed by atoms with van der Waals surface area (Å²) < 4.78 is 25.9. The van der Waals surface area contributed by atoms with Crippen molar-refractivity contribution in [2.24, 2.45) is 0 Å². The molecule has 0 unspecified atom stereocenters. The van der Waals surface area contributed by atoms with Gasteiger partial charge in [0.1, 0.15) is 0 Å². The molecule has 0 fully saturated rings. The third-order valence-electron chi connectivity index (χ3n) is 4.23. The van der Waals surface area contributed by atoms with Gasteiger partial charge in [-0.1, -0.05) is 45.0 Å². The molecule has 0 spiro atoms. The summed E-state index contributed by atoms with van der Waals surface area (Å²) in [6.07, 6.45) is 1.15. The first kappa shape index (κ1) is 20.9. The van der Waals surface area contributed by atoms with Gasteiger partial charge in [-0.25, -0.2) is 8.42 Å². The molecule has 0 saturated carbocycles. The molecule has 2 aromatic rings. The van der Waals surface area contributed by atoms with Crippen LogP contribution in [0.25, 0.3) is 0 Å². The molecule has 0 aliphatic carbocycles. The lowest BCUT2D eigenvalue weighted by Crippen LogP contribution is -2.29. The van der Waals surface area contributed by atoms with E-state index in [4.69, 9.17) is 0 Å². The minimum Gasteiger partial charge on any atom is -0.281 e. The first-order chi connectivity index (χ1) is 12.4. The fourth-order valence-corrected chi connectivity index (χ4v) is 3.51. The zero-order valence-corrected chi connectivity index (χ0v) is 17.1. The Morgan fingerprint density at radius 2 is 1.44 bits per heavy atom. The maximum absolute atomic E-state index is 12.3. The van der Waals surface area contributed by atoms with Crippen LogP contribution in [0.1, 0.15) is 38.8 Å². The first-order valence-corrected chi connectivity index (χ1v) is 10.4. The fraction of sp³-hybridized carbons (Fsp3) is 0.350. The van der Waals surface area contributed by atoms with E-state index in [0.717, 1.165) is 11.8 Å². The van der Waals surface area contributed by atoms with Crippen molar-refractivity contribution in [3.8, 4) is 0 Å². The summed E-state index contributed by atoms with van der Waals surface area (Å²) in [4.78, 5) is 11.2. The maximum Gasteiger partial charge on any atom is 0.247 e. The van der Waals surface area contributed by atoms with Gasteiger partial charge >= 0.3 is 0 Å². The average Bonchev–Trinajstić information content (AvgIpc) is 2.58. The highest BCUT2D eigenvalue weighted by atomic mass is 32.2. The molecule has 2 aromatic carbocycles. The number of nitrogens with zero attached hydrogens (tertiary/aromatic N) is 2. The van der Waals surface area contributed by atoms with E-state index in [1.807, 2.05) is 24.3 Å². The van der Waals surface area contributed by atoms with Crippen LogP contribution in [-0.2, 0) is 26.8 Å². The highest BCUT2D eigenvalue weighted by molar-refractivity contribution is 7.92. The van der Waals surface area contributed by atoms with Crippen molar-refractivity contribution < 1.29 is 18.4 Å². The van der Waals surface area contributed by atoms with E-state index >= 15 is 0 Å². The zero-order valence-electron chi connectivity index (χ0n) is 16.3. The molecular weight excluding hydrogens is 364 g/mol. The Hall–Kier alpha value is -2.38. The van der Waals surface area contributed by atoms with Crippen molar-refractivity contribution in [3.05, 3.63) is 59.7 Å². The molecule has 0 bridgehead atoms. The minimum atomic E-state index is -3.51. The molecular formula is C20H26N2O4S. The van der Waals surface area contributed by atoms with E-state index in [2.05, 4.69) is 20.8 Å². The van der Waals surface area contributed by atoms with Crippen molar-refractivity contribution >= 4 is 27.3 Å². The molecule has 1 N–H and O–H groups in total. The van der Waals surface area contributed by atoms with Crippen LogP contribution >= 0.6 is 0 Å². The quantitative estimate of drug-likeness (QED) is 0.624. The largest absolute Gasteiger partial charge is 0.281 e. The molecule has 0 aliphatic heterocycles. The molecule has 0 radical (unpaired) electrons. The summed E-state index contributed by atoms with van der Waals surface area (Å²) in [6.45, 7) is 7.80. The summed E-state index contributed by atoms with van der Waals surface area (Å²) in [7, 11) is -3.51. The Morgan fingerprint density at radius 1 is 0.963 bits per heavy atom. The lowest BCUT2D eigenvalue weighted by atomic mass is 9.87. The number of carbonyl (C=O) groups excluding carboxylic acids is 1. The highest BCUT2D eigenvalue weighted by Crippen LogP contribution is 2.26. The third kappa shape index (κ3) is 5.30. The summed E-state index contributed by atoms with van der Waals surface area (Å²) in [5, 5.41) is 10.2. The molecule has 0 atom stereocenters. The van der Waals surface area contributed by atoms with Crippen LogP contribution in [0.3, 0.4) is 0 Å². The van der Waals surface area contributed by atoms with Crippen molar-refractivity contribution in [1.82, 2.24) is 0 Å². The van der Waals surface area contributed by atoms with Crippen molar-refractivity contribution in [1.29, 1.82) is 0 Å². The third-order valence-corrected chi connectivity index (χ3v) is 5.37. The molecule has 146 valence electrons. The number of sulfonamides is 1. The zero-order chi connectivity index (χ0) is 20.4. The Balaban J connectivity index is 2.30.